The number of nitrogens with zero attached hydrogens (tertiary/aromatic N) is 2. The predicted molar refractivity (Wildman–Crippen MR) is 120 cm³/mol. The second kappa shape index (κ2) is 9.08. The average molecular weight is 489 g/mol. The fourth-order valence-electron chi connectivity index (χ4n) is 3.18. The highest BCUT2D eigenvalue weighted by molar-refractivity contribution is 8.18. The van der Waals surface area contributed by atoms with Gasteiger partial charge in [0.2, 0.25) is 0 Å². The zero-order valence-corrected chi connectivity index (χ0v) is 18.5. The quantitative estimate of drug-likeness (QED) is 0.242. The maximum Gasteiger partial charge on any atom is 0.293 e. The van der Waals surface area contributed by atoms with Crippen molar-refractivity contribution in [1.82, 2.24) is 4.90 Å². The number of thioether (sulfide) groups is 1. The summed E-state index contributed by atoms with van der Waals surface area (Å²) in [4.78, 5) is 36.7. The van der Waals surface area contributed by atoms with Gasteiger partial charge in [-0.05, 0) is 42.1 Å². The highest BCUT2D eigenvalue weighted by Crippen LogP contribution is 2.37. The second-order valence-corrected chi connectivity index (χ2v) is 8.21. The summed E-state index contributed by atoms with van der Waals surface area (Å²) >= 11 is 6.69. The van der Waals surface area contributed by atoms with Crippen LogP contribution in [0.1, 0.15) is 11.3 Å². The molecule has 11 heteroatoms. The molecular formula is C22H14ClFN2O6S. The maximum absolute atomic E-state index is 14.1. The summed E-state index contributed by atoms with van der Waals surface area (Å²) in [6.07, 6.45) is 1.38. The minimum Gasteiger partial charge on any atom is -0.496 e. The van der Waals surface area contributed by atoms with Gasteiger partial charge in [-0.1, -0.05) is 17.7 Å². The zero-order chi connectivity index (χ0) is 23.7. The Hall–Kier alpha value is -3.63. The number of nitro benzene ring substituents is 1. The number of furan rings is 1. The monoisotopic (exact) mass is 488 g/mol. The first-order chi connectivity index (χ1) is 15.8. The number of carbonyl (C=O) groups excluding carboxylic acids is 2. The molecule has 0 unspecified atom stereocenters. The van der Waals surface area contributed by atoms with Crippen LogP contribution in [0.5, 0.6) is 5.75 Å². The van der Waals surface area contributed by atoms with E-state index in [0.717, 1.165) is 4.90 Å². The summed E-state index contributed by atoms with van der Waals surface area (Å²) < 4.78 is 25.1. The van der Waals surface area contributed by atoms with E-state index in [1.165, 1.54) is 49.6 Å². The number of halogens is 2. The third-order valence-electron chi connectivity index (χ3n) is 4.81. The molecule has 0 aliphatic carbocycles. The Kier molecular flexibility index (Phi) is 6.21. The third-order valence-corrected chi connectivity index (χ3v) is 6.07. The van der Waals surface area contributed by atoms with Crippen LogP contribution < -0.4 is 4.74 Å². The van der Waals surface area contributed by atoms with Crippen LogP contribution in [-0.4, -0.2) is 28.1 Å². The van der Waals surface area contributed by atoms with Crippen LogP contribution in [0.25, 0.3) is 17.4 Å². The molecule has 33 heavy (non-hydrogen) atoms. The van der Waals surface area contributed by atoms with Gasteiger partial charge in [-0.25, -0.2) is 4.39 Å². The van der Waals surface area contributed by atoms with Crippen LogP contribution in [0.3, 0.4) is 0 Å². The Morgan fingerprint density at radius 1 is 1.24 bits per heavy atom. The van der Waals surface area contributed by atoms with Crippen LogP contribution in [0.4, 0.5) is 14.9 Å². The van der Waals surface area contributed by atoms with Crippen LogP contribution in [0, 0.1) is 15.9 Å². The molecular weight excluding hydrogens is 475 g/mol. The molecule has 0 saturated carbocycles. The van der Waals surface area contributed by atoms with Crippen molar-refractivity contribution in [2.45, 2.75) is 6.54 Å². The van der Waals surface area contributed by atoms with Gasteiger partial charge < -0.3 is 9.15 Å². The van der Waals surface area contributed by atoms with Crippen LogP contribution in [0.2, 0.25) is 5.02 Å². The summed E-state index contributed by atoms with van der Waals surface area (Å²) in [6, 6.07) is 11.3. The van der Waals surface area contributed by atoms with Gasteiger partial charge in [0, 0.05) is 28.8 Å². The molecule has 2 aromatic carbocycles. The van der Waals surface area contributed by atoms with Crippen molar-refractivity contribution in [3.8, 4) is 17.1 Å². The minimum absolute atomic E-state index is 0.0424. The first-order valence-electron chi connectivity index (χ1n) is 9.39. The van der Waals surface area contributed by atoms with E-state index < -0.39 is 21.9 Å². The molecule has 1 fully saturated rings. The summed E-state index contributed by atoms with van der Waals surface area (Å²) in [5, 5.41) is 10.6. The predicted octanol–water partition coefficient (Wildman–Crippen LogP) is 5.89. The van der Waals surface area contributed by atoms with Crippen LogP contribution in [0.15, 0.2) is 57.9 Å². The first-order valence-corrected chi connectivity index (χ1v) is 10.6. The van der Waals surface area contributed by atoms with E-state index >= 15 is 0 Å². The van der Waals surface area contributed by atoms with E-state index in [2.05, 4.69) is 0 Å². The van der Waals surface area contributed by atoms with Crippen molar-refractivity contribution in [1.29, 1.82) is 0 Å². The lowest BCUT2D eigenvalue weighted by Crippen LogP contribution is -2.28. The second-order valence-electron chi connectivity index (χ2n) is 6.81. The van der Waals surface area contributed by atoms with Crippen molar-refractivity contribution in [3.63, 3.8) is 0 Å². The molecule has 4 rings (SSSR count). The molecule has 1 aliphatic heterocycles. The number of methoxy groups -OCH3 is 1. The summed E-state index contributed by atoms with van der Waals surface area (Å²) in [5.74, 6) is -0.349. The van der Waals surface area contributed by atoms with Gasteiger partial charge in [0.15, 0.2) is 0 Å². The van der Waals surface area contributed by atoms with Gasteiger partial charge >= 0.3 is 0 Å². The molecule has 2 amide bonds. The molecule has 2 heterocycles. The van der Waals surface area contributed by atoms with Gasteiger partial charge in [-0.2, -0.15) is 0 Å². The van der Waals surface area contributed by atoms with Crippen LogP contribution >= 0.6 is 23.4 Å². The number of hydrogen-bond acceptors (Lipinski definition) is 7. The highest BCUT2D eigenvalue weighted by Gasteiger charge is 2.36. The summed E-state index contributed by atoms with van der Waals surface area (Å²) in [7, 11) is 1.42. The number of ether oxygens (including phenoxy) is 1. The largest absolute Gasteiger partial charge is 0.496 e. The number of carbonyl (C=O) groups is 2. The van der Waals surface area contributed by atoms with Crippen molar-refractivity contribution >= 4 is 46.3 Å². The molecule has 0 radical (unpaired) electrons. The summed E-state index contributed by atoms with van der Waals surface area (Å²) in [5.41, 5.74) is 0.256. The molecule has 1 saturated heterocycles. The number of hydrogen-bond donors (Lipinski definition) is 0. The minimum atomic E-state index is -0.618. The zero-order valence-electron chi connectivity index (χ0n) is 16.9. The fourth-order valence-corrected chi connectivity index (χ4v) is 4.23. The molecule has 1 aliphatic rings. The molecule has 0 spiro atoms. The highest BCUT2D eigenvalue weighted by atomic mass is 35.5. The van der Waals surface area contributed by atoms with Crippen molar-refractivity contribution in [2.75, 3.05) is 7.11 Å². The Labute approximate surface area is 195 Å². The Bertz CT molecular complexity index is 1300. The maximum atomic E-state index is 14.1. The number of amides is 2. The Morgan fingerprint density at radius 2 is 2.03 bits per heavy atom. The first kappa shape index (κ1) is 22.6. The van der Waals surface area contributed by atoms with E-state index in [9.17, 15) is 24.1 Å². The van der Waals surface area contributed by atoms with Crippen molar-refractivity contribution in [3.05, 3.63) is 85.7 Å². The van der Waals surface area contributed by atoms with Gasteiger partial charge in [0.1, 0.15) is 23.1 Å². The molecule has 3 aromatic rings. The number of rotatable bonds is 6. The number of benzene rings is 2. The number of nitro groups is 1. The lowest BCUT2D eigenvalue weighted by molar-refractivity contribution is -0.384. The molecule has 1 aromatic heterocycles. The van der Waals surface area contributed by atoms with E-state index in [1.54, 1.807) is 12.1 Å². The third kappa shape index (κ3) is 4.48. The number of imide groups is 1. The Morgan fingerprint density at radius 3 is 2.73 bits per heavy atom. The van der Waals surface area contributed by atoms with E-state index in [4.69, 9.17) is 20.8 Å². The van der Waals surface area contributed by atoms with Gasteiger partial charge in [-0.15, -0.1) is 0 Å². The summed E-state index contributed by atoms with van der Waals surface area (Å²) in [6.45, 7) is -0.304. The van der Waals surface area contributed by atoms with Gasteiger partial charge in [0.05, 0.1) is 29.0 Å². The Balaban J connectivity index is 1.60. The SMILES string of the molecule is COc1ccc([N+](=O)[O-])cc1-c1ccc(/C=C2\SC(=O)N(Cc3c(F)cccc3Cl)C2=O)o1. The molecule has 8 nitrogen and oxygen atoms in total. The lowest BCUT2D eigenvalue weighted by Gasteiger charge is -2.14. The number of non-ortho nitro benzene ring substituents is 1. The van der Waals surface area contributed by atoms with E-state index in [1.807, 2.05) is 0 Å². The van der Waals surface area contributed by atoms with E-state index in [0.29, 0.717) is 23.1 Å². The lowest BCUT2D eigenvalue weighted by atomic mass is 10.1. The normalized spacial score (nSPS) is 14.9. The van der Waals surface area contributed by atoms with Crippen molar-refractivity contribution < 1.29 is 28.1 Å². The molecule has 168 valence electrons. The molecule has 0 atom stereocenters. The van der Waals surface area contributed by atoms with Gasteiger partial charge in [-0.3, -0.25) is 24.6 Å². The topological polar surface area (TPSA) is 103 Å². The van der Waals surface area contributed by atoms with E-state index in [-0.39, 0.29) is 39.2 Å². The standard InChI is InChI=1S/C22H14ClFN2O6S/c1-31-18-7-5-12(26(29)30)9-14(18)19-8-6-13(32-19)10-20-21(27)25(22(28)33-20)11-15-16(23)3-2-4-17(15)24/h2-10H,11H2,1H3/b20-10-. The smallest absolute Gasteiger partial charge is 0.293 e. The average Bonchev–Trinajstić information content (AvgIpc) is 3.35. The molecule has 0 bridgehead atoms. The fraction of sp³-hybridized carbons (Fsp3) is 0.0909. The van der Waals surface area contributed by atoms with Gasteiger partial charge in [0.25, 0.3) is 16.8 Å². The van der Waals surface area contributed by atoms with Crippen molar-refractivity contribution in [2.24, 2.45) is 0 Å². The van der Waals surface area contributed by atoms with Crippen LogP contribution in [-0.2, 0) is 11.3 Å². The molecule has 0 N–H and O–H groups in total.